The maximum atomic E-state index is 11.6. The topological polar surface area (TPSA) is 122 Å². The molecule has 1 saturated carbocycles. The van der Waals surface area contributed by atoms with Crippen molar-refractivity contribution in [2.75, 3.05) is 24.1 Å². The van der Waals surface area contributed by atoms with Crippen LogP contribution in [0.1, 0.15) is 12.8 Å². The molecular formula is C11H17N5O3. The van der Waals surface area contributed by atoms with Crippen LogP contribution in [0.2, 0.25) is 0 Å². The van der Waals surface area contributed by atoms with Crippen LogP contribution in [0.3, 0.4) is 0 Å². The van der Waals surface area contributed by atoms with Crippen LogP contribution in [0, 0.1) is 5.92 Å². The Kier molecular flexibility index (Phi) is 3.59. The number of amides is 1. The zero-order valence-electron chi connectivity index (χ0n) is 10.7. The van der Waals surface area contributed by atoms with Gasteiger partial charge in [-0.2, -0.15) is 0 Å². The summed E-state index contributed by atoms with van der Waals surface area (Å²) in [5.41, 5.74) is 4.70. The van der Waals surface area contributed by atoms with Gasteiger partial charge in [0.1, 0.15) is 11.5 Å². The van der Waals surface area contributed by atoms with E-state index in [1.807, 2.05) is 0 Å². The molecule has 0 atom stereocenters. The zero-order valence-corrected chi connectivity index (χ0v) is 10.7. The summed E-state index contributed by atoms with van der Waals surface area (Å²) in [6.07, 6.45) is 1.90. The van der Waals surface area contributed by atoms with Gasteiger partial charge in [-0.25, -0.2) is 4.79 Å². The van der Waals surface area contributed by atoms with Crippen molar-refractivity contribution < 1.29 is 4.79 Å². The van der Waals surface area contributed by atoms with Gasteiger partial charge in [0, 0.05) is 26.1 Å². The number of nitrogens with zero attached hydrogens (tertiary/aromatic N) is 1. The highest BCUT2D eigenvalue weighted by atomic mass is 16.2. The van der Waals surface area contributed by atoms with Crippen LogP contribution in [0.25, 0.3) is 0 Å². The van der Waals surface area contributed by atoms with E-state index in [0.29, 0.717) is 13.1 Å². The molecule has 0 saturated heterocycles. The van der Waals surface area contributed by atoms with Crippen molar-refractivity contribution >= 4 is 17.4 Å². The number of carbonyl (C=O) groups is 1. The van der Waals surface area contributed by atoms with Crippen molar-refractivity contribution in [1.29, 1.82) is 0 Å². The summed E-state index contributed by atoms with van der Waals surface area (Å²) in [4.78, 5) is 36.3. The van der Waals surface area contributed by atoms with Crippen LogP contribution < -0.4 is 27.6 Å². The lowest BCUT2D eigenvalue weighted by molar-refractivity contribution is -0.122. The number of hydrogen-bond donors (Lipinski definition) is 4. The molecule has 8 nitrogen and oxygen atoms in total. The number of H-pyrrole nitrogens is 1. The fourth-order valence-corrected chi connectivity index (χ4v) is 1.67. The molecule has 0 aromatic carbocycles. The van der Waals surface area contributed by atoms with E-state index in [-0.39, 0.29) is 23.3 Å². The molecule has 0 radical (unpaired) electrons. The van der Waals surface area contributed by atoms with Crippen molar-refractivity contribution in [2.45, 2.75) is 12.8 Å². The predicted octanol–water partition coefficient (Wildman–Crippen LogP) is -1.41. The molecule has 0 bridgehead atoms. The summed E-state index contributed by atoms with van der Waals surface area (Å²) in [5.74, 6) is 0.275. The van der Waals surface area contributed by atoms with Crippen molar-refractivity contribution in [2.24, 2.45) is 13.0 Å². The number of aromatic nitrogens is 2. The Morgan fingerprint density at radius 3 is 2.74 bits per heavy atom. The number of nitrogen functional groups attached to an aromatic ring is 1. The molecule has 1 aliphatic rings. The van der Waals surface area contributed by atoms with Gasteiger partial charge in [-0.15, -0.1) is 0 Å². The second kappa shape index (κ2) is 5.17. The van der Waals surface area contributed by atoms with Crippen molar-refractivity contribution in [3.8, 4) is 0 Å². The first kappa shape index (κ1) is 13.2. The molecule has 2 rings (SSSR count). The minimum Gasteiger partial charge on any atom is -0.383 e. The fraction of sp³-hybridized carbons (Fsp3) is 0.545. The quantitative estimate of drug-likeness (QED) is 0.488. The molecule has 1 aromatic heterocycles. The first-order valence-corrected chi connectivity index (χ1v) is 6.11. The first-order valence-electron chi connectivity index (χ1n) is 6.11. The Morgan fingerprint density at radius 1 is 1.42 bits per heavy atom. The van der Waals surface area contributed by atoms with Crippen LogP contribution in [0.15, 0.2) is 9.59 Å². The molecule has 1 aliphatic carbocycles. The van der Waals surface area contributed by atoms with Gasteiger partial charge in [0.05, 0.1) is 0 Å². The number of anilines is 2. The third kappa shape index (κ3) is 2.95. The largest absolute Gasteiger partial charge is 0.383 e. The molecular weight excluding hydrogens is 250 g/mol. The zero-order chi connectivity index (χ0) is 14.0. The lowest BCUT2D eigenvalue weighted by Crippen LogP contribution is -2.35. The highest BCUT2D eigenvalue weighted by molar-refractivity contribution is 5.80. The van der Waals surface area contributed by atoms with Gasteiger partial charge < -0.3 is 16.4 Å². The molecule has 8 heteroatoms. The van der Waals surface area contributed by atoms with Crippen LogP contribution in [0.4, 0.5) is 11.5 Å². The predicted molar refractivity (Wildman–Crippen MR) is 70.9 cm³/mol. The Balaban J connectivity index is 1.92. The lowest BCUT2D eigenvalue weighted by Gasteiger charge is -2.11. The van der Waals surface area contributed by atoms with Gasteiger partial charge in [-0.05, 0) is 12.8 Å². The second-order valence-electron chi connectivity index (χ2n) is 4.57. The molecule has 104 valence electrons. The van der Waals surface area contributed by atoms with Gasteiger partial charge in [0.25, 0.3) is 5.56 Å². The summed E-state index contributed by atoms with van der Waals surface area (Å²) >= 11 is 0. The fourth-order valence-electron chi connectivity index (χ4n) is 1.67. The van der Waals surface area contributed by atoms with Gasteiger partial charge >= 0.3 is 5.69 Å². The van der Waals surface area contributed by atoms with E-state index in [2.05, 4.69) is 15.6 Å². The average molecular weight is 267 g/mol. The third-order valence-corrected chi connectivity index (χ3v) is 3.04. The summed E-state index contributed by atoms with van der Waals surface area (Å²) in [7, 11) is 1.47. The molecule has 0 aliphatic heterocycles. The van der Waals surface area contributed by atoms with E-state index in [9.17, 15) is 14.4 Å². The summed E-state index contributed by atoms with van der Waals surface area (Å²) in [6.45, 7) is 0.765. The Morgan fingerprint density at radius 2 is 2.11 bits per heavy atom. The van der Waals surface area contributed by atoms with Crippen LogP contribution in [-0.4, -0.2) is 28.5 Å². The van der Waals surface area contributed by atoms with Crippen molar-refractivity contribution in [3.05, 3.63) is 20.8 Å². The normalized spacial score (nSPS) is 14.2. The van der Waals surface area contributed by atoms with Crippen LogP contribution >= 0.6 is 0 Å². The number of nitrogens with one attached hydrogen (secondary N) is 3. The van der Waals surface area contributed by atoms with Gasteiger partial charge in [-0.1, -0.05) is 0 Å². The van der Waals surface area contributed by atoms with Gasteiger partial charge in [0.2, 0.25) is 5.91 Å². The molecule has 0 unspecified atom stereocenters. The SMILES string of the molecule is Cn1c(N)c(NCCNC(=O)C2CC2)c(=O)[nH]c1=O. The van der Waals surface area contributed by atoms with Gasteiger partial charge in [0.15, 0.2) is 0 Å². The number of rotatable bonds is 5. The van der Waals surface area contributed by atoms with E-state index in [0.717, 1.165) is 17.4 Å². The molecule has 1 aromatic rings. The highest BCUT2D eigenvalue weighted by Gasteiger charge is 2.28. The van der Waals surface area contributed by atoms with Crippen molar-refractivity contribution in [1.82, 2.24) is 14.9 Å². The summed E-state index contributed by atoms with van der Waals surface area (Å²) < 4.78 is 1.15. The lowest BCUT2D eigenvalue weighted by atomic mass is 10.4. The third-order valence-electron chi connectivity index (χ3n) is 3.04. The maximum absolute atomic E-state index is 11.6. The first-order chi connectivity index (χ1) is 9.00. The van der Waals surface area contributed by atoms with Crippen molar-refractivity contribution in [3.63, 3.8) is 0 Å². The van der Waals surface area contributed by atoms with E-state index < -0.39 is 11.2 Å². The van der Waals surface area contributed by atoms with E-state index >= 15 is 0 Å². The molecule has 5 N–H and O–H groups in total. The molecule has 1 amide bonds. The minimum atomic E-state index is -0.561. The smallest absolute Gasteiger partial charge is 0.329 e. The highest BCUT2D eigenvalue weighted by Crippen LogP contribution is 2.28. The maximum Gasteiger partial charge on any atom is 0.329 e. The van der Waals surface area contributed by atoms with E-state index in [4.69, 9.17) is 5.73 Å². The number of nitrogens with two attached hydrogens (primary N) is 1. The second-order valence-corrected chi connectivity index (χ2v) is 4.57. The Hall–Kier alpha value is -2.25. The Labute approximate surface area is 109 Å². The Bertz CT molecular complexity index is 599. The minimum absolute atomic E-state index is 0.0455. The summed E-state index contributed by atoms with van der Waals surface area (Å²) in [6, 6.07) is 0. The number of aromatic amines is 1. The van der Waals surface area contributed by atoms with Crippen LogP contribution in [-0.2, 0) is 11.8 Å². The molecule has 1 heterocycles. The monoisotopic (exact) mass is 267 g/mol. The molecule has 19 heavy (non-hydrogen) atoms. The average Bonchev–Trinajstić information content (AvgIpc) is 3.19. The molecule has 1 fully saturated rings. The van der Waals surface area contributed by atoms with Crippen LogP contribution in [0.5, 0.6) is 0 Å². The van der Waals surface area contributed by atoms with E-state index in [1.54, 1.807) is 0 Å². The van der Waals surface area contributed by atoms with Gasteiger partial charge in [-0.3, -0.25) is 19.1 Å². The number of carbonyl (C=O) groups excluding carboxylic acids is 1. The summed E-state index contributed by atoms with van der Waals surface area (Å²) in [5, 5.41) is 5.58. The standard InChI is InChI=1S/C11H17N5O3/c1-16-8(12)7(10(18)15-11(16)19)13-4-5-14-9(17)6-2-3-6/h6,13H,2-5,12H2,1H3,(H,14,17)(H,15,18,19). The number of hydrogen-bond acceptors (Lipinski definition) is 5. The molecule has 0 spiro atoms. The van der Waals surface area contributed by atoms with E-state index in [1.165, 1.54) is 7.05 Å².